The minimum absolute atomic E-state index is 0.823. The van der Waals surface area contributed by atoms with E-state index < -0.39 is 8.07 Å². The van der Waals surface area contributed by atoms with E-state index in [2.05, 4.69) is 56.0 Å². The Morgan fingerprint density at radius 2 is 1.83 bits per heavy atom. The average Bonchev–Trinajstić information content (AvgIpc) is 2.34. The molecule has 0 radical (unpaired) electrons. The highest BCUT2D eigenvalue weighted by Crippen LogP contribution is 2.35. The third kappa shape index (κ3) is 5.75. The van der Waals surface area contributed by atoms with E-state index in [-0.39, 0.29) is 0 Å². The molecule has 1 saturated carbocycles. The van der Waals surface area contributed by atoms with Crippen molar-refractivity contribution in [2.45, 2.75) is 63.0 Å². The molecule has 0 N–H and O–H groups in total. The summed E-state index contributed by atoms with van der Waals surface area (Å²) in [6, 6.07) is 0. The van der Waals surface area contributed by atoms with Crippen LogP contribution in [0.2, 0.25) is 19.6 Å². The van der Waals surface area contributed by atoms with Crippen LogP contribution in [-0.2, 0) is 0 Å². The minimum atomic E-state index is -0.978. The van der Waals surface area contributed by atoms with Gasteiger partial charge in [-0.3, -0.25) is 0 Å². The van der Waals surface area contributed by atoms with Crippen LogP contribution in [0.1, 0.15) is 38.5 Å². The second-order valence-corrected chi connectivity index (χ2v) is 14.6. The van der Waals surface area contributed by atoms with Crippen LogP contribution in [-0.4, -0.2) is 25.0 Å². The van der Waals surface area contributed by atoms with Gasteiger partial charge < -0.3 is 0 Å². The summed E-state index contributed by atoms with van der Waals surface area (Å²) in [6.45, 7) is 11.8. The van der Waals surface area contributed by atoms with E-state index in [1.807, 2.05) is 0 Å². The summed E-state index contributed by atoms with van der Waals surface area (Å²) < 4.78 is 0. The standard InChI is InChI=1S/C15H30S2Si/c1-13(14-9-7-6-8-10-14)17-12-11-15(16-2)18(3,4)5/h14-15H,1,6-12H2,2-5H3. The largest absolute Gasteiger partial charge is 0.165 e. The first kappa shape index (κ1) is 16.7. The first-order chi connectivity index (χ1) is 8.45. The third-order valence-electron chi connectivity index (χ3n) is 3.98. The van der Waals surface area contributed by atoms with Crippen LogP contribution in [0, 0.1) is 5.92 Å². The molecular formula is C15H30S2Si. The smallest absolute Gasteiger partial charge is 0.0587 e. The normalized spacial score (nSPS) is 19.8. The highest BCUT2D eigenvalue weighted by atomic mass is 32.2. The maximum absolute atomic E-state index is 4.33. The van der Waals surface area contributed by atoms with Crippen molar-refractivity contribution in [3.63, 3.8) is 0 Å². The molecule has 106 valence electrons. The van der Waals surface area contributed by atoms with E-state index in [0.717, 1.165) is 10.8 Å². The van der Waals surface area contributed by atoms with Crippen molar-refractivity contribution < 1.29 is 0 Å². The maximum Gasteiger partial charge on any atom is 0.0587 e. The molecule has 1 fully saturated rings. The molecule has 1 atom stereocenters. The van der Waals surface area contributed by atoms with Gasteiger partial charge in [-0.25, -0.2) is 0 Å². The Bertz CT molecular complexity index is 252. The summed E-state index contributed by atoms with van der Waals surface area (Å²) in [4.78, 5) is 2.38. The maximum atomic E-state index is 4.33. The Morgan fingerprint density at radius 3 is 2.33 bits per heavy atom. The first-order valence-corrected chi connectivity index (χ1v) is 13.1. The molecule has 0 aromatic carbocycles. The molecule has 0 amide bonds. The van der Waals surface area contributed by atoms with Crippen molar-refractivity contribution in [2.24, 2.45) is 5.92 Å². The van der Waals surface area contributed by atoms with Crippen LogP contribution in [0.5, 0.6) is 0 Å². The zero-order valence-electron chi connectivity index (χ0n) is 12.6. The fourth-order valence-electron chi connectivity index (χ4n) is 2.74. The molecule has 1 unspecified atom stereocenters. The Morgan fingerprint density at radius 1 is 1.22 bits per heavy atom. The van der Waals surface area contributed by atoms with E-state index in [1.54, 1.807) is 0 Å². The Hall–Kier alpha value is 0.657. The second-order valence-electron chi connectivity index (χ2n) is 6.53. The summed E-state index contributed by atoms with van der Waals surface area (Å²) in [5.41, 5.74) is 0. The number of rotatable bonds is 7. The number of hydrogen-bond acceptors (Lipinski definition) is 2. The van der Waals surface area contributed by atoms with E-state index >= 15 is 0 Å². The SMILES string of the molecule is C=C(SCCC(SC)[Si](C)(C)C)C1CCCCC1. The Kier molecular flexibility index (Phi) is 7.48. The lowest BCUT2D eigenvalue weighted by Crippen LogP contribution is -2.35. The first-order valence-electron chi connectivity index (χ1n) is 7.29. The van der Waals surface area contributed by atoms with Crippen molar-refractivity contribution in [1.82, 2.24) is 0 Å². The van der Waals surface area contributed by atoms with Gasteiger partial charge in [0, 0.05) is 0 Å². The van der Waals surface area contributed by atoms with Crippen LogP contribution in [0.3, 0.4) is 0 Å². The minimum Gasteiger partial charge on any atom is -0.165 e. The topological polar surface area (TPSA) is 0 Å². The predicted molar refractivity (Wildman–Crippen MR) is 93.4 cm³/mol. The van der Waals surface area contributed by atoms with Crippen LogP contribution in [0.15, 0.2) is 11.5 Å². The van der Waals surface area contributed by atoms with E-state index in [1.165, 1.54) is 49.2 Å². The summed E-state index contributed by atoms with van der Waals surface area (Å²) in [5.74, 6) is 2.11. The Labute approximate surface area is 124 Å². The zero-order chi connectivity index (χ0) is 13.6. The summed E-state index contributed by atoms with van der Waals surface area (Å²) in [7, 11) is -0.978. The number of thioether (sulfide) groups is 2. The lowest BCUT2D eigenvalue weighted by molar-refractivity contribution is 0.415. The van der Waals surface area contributed by atoms with E-state index in [9.17, 15) is 0 Å². The Balaban J connectivity index is 2.25. The molecule has 0 aromatic rings. The summed E-state index contributed by atoms with van der Waals surface area (Å²) in [5, 5.41) is 0. The summed E-state index contributed by atoms with van der Waals surface area (Å²) >= 11 is 4.14. The number of allylic oxidation sites excluding steroid dienone is 1. The molecule has 0 bridgehead atoms. The van der Waals surface area contributed by atoms with Gasteiger partial charge in [0.25, 0.3) is 0 Å². The van der Waals surface area contributed by atoms with Gasteiger partial charge >= 0.3 is 0 Å². The molecule has 0 nitrogen and oxygen atoms in total. The molecule has 0 aromatic heterocycles. The molecule has 18 heavy (non-hydrogen) atoms. The molecular weight excluding hydrogens is 272 g/mol. The highest BCUT2D eigenvalue weighted by molar-refractivity contribution is 8.03. The monoisotopic (exact) mass is 302 g/mol. The van der Waals surface area contributed by atoms with E-state index in [0.29, 0.717) is 0 Å². The van der Waals surface area contributed by atoms with Crippen molar-refractivity contribution in [3.05, 3.63) is 11.5 Å². The van der Waals surface area contributed by atoms with Gasteiger partial charge in [0.2, 0.25) is 0 Å². The van der Waals surface area contributed by atoms with Gasteiger partial charge in [-0.1, -0.05) is 45.5 Å². The van der Waals surface area contributed by atoms with Crippen LogP contribution >= 0.6 is 23.5 Å². The van der Waals surface area contributed by atoms with Gasteiger partial charge in [-0.15, -0.1) is 11.8 Å². The van der Waals surface area contributed by atoms with Crippen molar-refractivity contribution in [3.8, 4) is 0 Å². The fourth-order valence-corrected chi connectivity index (χ4v) is 8.38. The molecule has 1 rings (SSSR count). The zero-order valence-corrected chi connectivity index (χ0v) is 15.3. The molecule has 3 heteroatoms. The molecule has 0 saturated heterocycles. The van der Waals surface area contributed by atoms with Gasteiger partial charge in [-0.05, 0) is 47.0 Å². The highest BCUT2D eigenvalue weighted by Gasteiger charge is 2.25. The van der Waals surface area contributed by atoms with Crippen LogP contribution in [0.25, 0.3) is 0 Å². The quantitative estimate of drug-likeness (QED) is 0.544. The lowest BCUT2D eigenvalue weighted by Gasteiger charge is -2.28. The summed E-state index contributed by atoms with van der Waals surface area (Å²) in [6.07, 6.45) is 10.7. The molecule has 0 heterocycles. The average molecular weight is 303 g/mol. The fraction of sp³-hybridized carbons (Fsp3) is 0.867. The number of hydrogen-bond donors (Lipinski definition) is 0. The predicted octanol–water partition coefficient (Wildman–Crippen LogP) is 5.81. The lowest BCUT2D eigenvalue weighted by atomic mass is 9.89. The van der Waals surface area contributed by atoms with Gasteiger partial charge in [0.05, 0.1) is 8.07 Å². The second kappa shape index (κ2) is 8.06. The third-order valence-corrected chi connectivity index (χ3v) is 11.0. The van der Waals surface area contributed by atoms with E-state index in [4.69, 9.17) is 0 Å². The van der Waals surface area contributed by atoms with Crippen molar-refractivity contribution in [2.75, 3.05) is 12.0 Å². The molecule has 1 aliphatic carbocycles. The molecule has 0 aliphatic heterocycles. The van der Waals surface area contributed by atoms with Crippen molar-refractivity contribution >= 4 is 31.6 Å². The van der Waals surface area contributed by atoms with Crippen LogP contribution in [0.4, 0.5) is 0 Å². The van der Waals surface area contributed by atoms with Gasteiger partial charge in [0.15, 0.2) is 0 Å². The van der Waals surface area contributed by atoms with Gasteiger partial charge in [-0.2, -0.15) is 11.8 Å². The van der Waals surface area contributed by atoms with Crippen LogP contribution < -0.4 is 0 Å². The molecule has 1 aliphatic rings. The van der Waals surface area contributed by atoms with Gasteiger partial charge in [0.1, 0.15) is 0 Å². The molecule has 0 spiro atoms. The van der Waals surface area contributed by atoms with Crippen molar-refractivity contribution in [1.29, 1.82) is 0 Å².